The van der Waals surface area contributed by atoms with Crippen LogP contribution in [0.15, 0.2) is 114 Å². The standard InChI is InChI=1S/C30H25N3O2S/c1-34-29-17-12-22(19-31-33-30-32-28(21-36-30)25-10-6-3-7-11-25)18-26(29)20-35-27-15-13-24(14-16-27)23-8-4-2-5-9-23/h2-19,21H,20H2,1H3,(H,32,33). The molecule has 36 heavy (non-hydrogen) atoms. The van der Waals surface area contributed by atoms with E-state index in [-0.39, 0.29) is 0 Å². The summed E-state index contributed by atoms with van der Waals surface area (Å²) in [6.45, 7) is 0.385. The topological polar surface area (TPSA) is 55.7 Å². The molecule has 178 valence electrons. The highest BCUT2D eigenvalue weighted by Gasteiger charge is 2.07. The van der Waals surface area contributed by atoms with Gasteiger partial charge in [0, 0.05) is 16.5 Å². The van der Waals surface area contributed by atoms with Gasteiger partial charge in [-0.15, -0.1) is 11.3 Å². The summed E-state index contributed by atoms with van der Waals surface area (Å²) in [5.74, 6) is 1.57. The lowest BCUT2D eigenvalue weighted by Crippen LogP contribution is -2.00. The lowest BCUT2D eigenvalue weighted by molar-refractivity contribution is 0.296. The molecule has 5 rings (SSSR count). The van der Waals surface area contributed by atoms with Gasteiger partial charge >= 0.3 is 0 Å². The lowest BCUT2D eigenvalue weighted by atomic mass is 10.1. The Bertz CT molecular complexity index is 1430. The van der Waals surface area contributed by atoms with E-state index in [0.717, 1.165) is 44.6 Å². The molecule has 1 heterocycles. The first-order valence-electron chi connectivity index (χ1n) is 11.5. The molecular formula is C30H25N3O2S. The minimum absolute atomic E-state index is 0.385. The van der Waals surface area contributed by atoms with Gasteiger partial charge in [0.2, 0.25) is 5.13 Å². The first kappa shape index (κ1) is 23.3. The fourth-order valence-electron chi connectivity index (χ4n) is 3.76. The second-order valence-electron chi connectivity index (χ2n) is 8.02. The van der Waals surface area contributed by atoms with Gasteiger partial charge < -0.3 is 9.47 Å². The molecule has 0 bridgehead atoms. The lowest BCUT2D eigenvalue weighted by Gasteiger charge is -2.12. The zero-order valence-corrected chi connectivity index (χ0v) is 20.6. The maximum atomic E-state index is 6.05. The molecule has 4 aromatic carbocycles. The molecule has 0 atom stereocenters. The number of anilines is 1. The predicted octanol–water partition coefficient (Wildman–Crippen LogP) is 7.51. The van der Waals surface area contributed by atoms with Gasteiger partial charge in [-0.25, -0.2) is 4.98 Å². The van der Waals surface area contributed by atoms with Crippen molar-refractivity contribution in [2.24, 2.45) is 5.10 Å². The Morgan fingerprint density at radius 3 is 2.25 bits per heavy atom. The minimum Gasteiger partial charge on any atom is -0.496 e. The summed E-state index contributed by atoms with van der Waals surface area (Å²) in [4.78, 5) is 4.60. The molecule has 1 N–H and O–H groups in total. The van der Waals surface area contributed by atoms with E-state index in [4.69, 9.17) is 9.47 Å². The molecule has 0 aliphatic carbocycles. The van der Waals surface area contributed by atoms with E-state index in [1.54, 1.807) is 13.3 Å². The second kappa shape index (κ2) is 11.3. The Morgan fingerprint density at radius 1 is 0.833 bits per heavy atom. The molecule has 0 spiro atoms. The molecule has 0 aliphatic rings. The minimum atomic E-state index is 0.385. The Kier molecular flexibility index (Phi) is 7.35. The fourth-order valence-corrected chi connectivity index (χ4v) is 4.42. The highest BCUT2D eigenvalue weighted by molar-refractivity contribution is 7.14. The zero-order chi connectivity index (χ0) is 24.6. The molecule has 0 saturated carbocycles. The molecule has 0 fully saturated rings. The molecule has 0 saturated heterocycles. The van der Waals surface area contributed by atoms with Gasteiger partial charge in [-0.1, -0.05) is 72.8 Å². The van der Waals surface area contributed by atoms with Gasteiger partial charge in [0.1, 0.15) is 18.1 Å². The summed E-state index contributed by atoms with van der Waals surface area (Å²) >= 11 is 1.52. The molecule has 6 heteroatoms. The average Bonchev–Trinajstić information content (AvgIpc) is 3.42. The van der Waals surface area contributed by atoms with Crippen LogP contribution in [-0.2, 0) is 6.61 Å². The van der Waals surface area contributed by atoms with E-state index >= 15 is 0 Å². The summed E-state index contributed by atoms with van der Waals surface area (Å²) in [6.07, 6.45) is 1.77. The van der Waals surface area contributed by atoms with Gasteiger partial charge in [0.05, 0.1) is 19.0 Å². The third-order valence-electron chi connectivity index (χ3n) is 5.61. The number of nitrogens with one attached hydrogen (secondary N) is 1. The molecule has 0 aliphatic heterocycles. The normalized spacial score (nSPS) is 10.9. The van der Waals surface area contributed by atoms with Gasteiger partial charge in [-0.05, 0) is 47.0 Å². The van der Waals surface area contributed by atoms with E-state index in [1.165, 1.54) is 16.9 Å². The number of hydrogen-bond acceptors (Lipinski definition) is 6. The van der Waals surface area contributed by atoms with Crippen LogP contribution in [0.1, 0.15) is 11.1 Å². The fraction of sp³-hybridized carbons (Fsp3) is 0.0667. The van der Waals surface area contributed by atoms with Crippen LogP contribution < -0.4 is 14.9 Å². The number of thiazole rings is 1. The van der Waals surface area contributed by atoms with Crippen LogP contribution in [-0.4, -0.2) is 18.3 Å². The van der Waals surface area contributed by atoms with Crippen LogP contribution in [0, 0.1) is 0 Å². The SMILES string of the molecule is COc1ccc(C=NNc2nc(-c3ccccc3)cs2)cc1COc1ccc(-c2ccccc2)cc1. The van der Waals surface area contributed by atoms with E-state index in [9.17, 15) is 0 Å². The third-order valence-corrected chi connectivity index (χ3v) is 6.35. The van der Waals surface area contributed by atoms with Crippen molar-refractivity contribution in [2.75, 3.05) is 12.5 Å². The van der Waals surface area contributed by atoms with Gasteiger partial charge in [-0.2, -0.15) is 5.10 Å². The molecular weight excluding hydrogens is 466 g/mol. The van der Waals surface area contributed by atoms with Crippen LogP contribution in [0.25, 0.3) is 22.4 Å². The highest BCUT2D eigenvalue weighted by Crippen LogP contribution is 2.26. The van der Waals surface area contributed by atoms with Crippen LogP contribution in [0.5, 0.6) is 11.5 Å². The molecule has 0 radical (unpaired) electrons. The molecule has 0 amide bonds. The van der Waals surface area contributed by atoms with E-state index in [1.807, 2.05) is 84.2 Å². The summed E-state index contributed by atoms with van der Waals surface area (Å²) < 4.78 is 11.6. The monoisotopic (exact) mass is 491 g/mol. The number of methoxy groups -OCH3 is 1. The maximum absolute atomic E-state index is 6.05. The summed E-state index contributed by atoms with van der Waals surface area (Å²) in [5, 5.41) is 7.12. The highest BCUT2D eigenvalue weighted by atomic mass is 32.1. The number of rotatable bonds is 9. The van der Waals surface area contributed by atoms with Crippen molar-refractivity contribution in [2.45, 2.75) is 6.61 Å². The van der Waals surface area contributed by atoms with Crippen LogP contribution in [0.4, 0.5) is 5.13 Å². The Morgan fingerprint density at radius 2 is 1.53 bits per heavy atom. The van der Waals surface area contributed by atoms with Crippen molar-refractivity contribution in [3.05, 3.63) is 120 Å². The molecule has 1 aromatic heterocycles. The summed E-state index contributed by atoms with van der Waals surface area (Å²) in [6, 6.07) is 34.4. The van der Waals surface area contributed by atoms with Crippen molar-refractivity contribution in [1.82, 2.24) is 4.98 Å². The number of aromatic nitrogens is 1. The molecule has 5 nitrogen and oxygen atoms in total. The Hall–Kier alpha value is -4.42. The van der Waals surface area contributed by atoms with Crippen LogP contribution >= 0.6 is 11.3 Å². The number of benzene rings is 4. The number of hydrogen-bond donors (Lipinski definition) is 1. The zero-order valence-electron chi connectivity index (χ0n) is 19.8. The summed E-state index contributed by atoms with van der Waals surface area (Å²) in [5.41, 5.74) is 9.24. The predicted molar refractivity (Wildman–Crippen MR) is 148 cm³/mol. The van der Waals surface area contributed by atoms with Gasteiger partial charge in [-0.3, -0.25) is 5.43 Å². The quantitative estimate of drug-likeness (QED) is 0.171. The van der Waals surface area contributed by atoms with Crippen molar-refractivity contribution in [1.29, 1.82) is 0 Å². The van der Waals surface area contributed by atoms with E-state index in [0.29, 0.717) is 6.61 Å². The smallest absolute Gasteiger partial charge is 0.203 e. The number of nitrogens with zero attached hydrogens (tertiary/aromatic N) is 2. The average molecular weight is 492 g/mol. The van der Waals surface area contributed by atoms with Crippen molar-refractivity contribution in [3.8, 4) is 33.9 Å². The molecule has 5 aromatic rings. The first-order chi connectivity index (χ1) is 17.8. The Labute approximate surface area is 214 Å². The number of hydrazone groups is 1. The summed E-state index contributed by atoms with van der Waals surface area (Å²) in [7, 11) is 1.66. The third kappa shape index (κ3) is 5.79. The number of ether oxygens (including phenoxy) is 2. The van der Waals surface area contributed by atoms with E-state index in [2.05, 4.69) is 39.8 Å². The first-order valence-corrected chi connectivity index (χ1v) is 12.4. The van der Waals surface area contributed by atoms with Crippen molar-refractivity contribution < 1.29 is 9.47 Å². The molecule has 0 unspecified atom stereocenters. The van der Waals surface area contributed by atoms with Crippen LogP contribution in [0.3, 0.4) is 0 Å². The largest absolute Gasteiger partial charge is 0.496 e. The maximum Gasteiger partial charge on any atom is 0.203 e. The van der Waals surface area contributed by atoms with E-state index < -0.39 is 0 Å². The van der Waals surface area contributed by atoms with Crippen molar-refractivity contribution >= 4 is 22.7 Å². The Balaban J connectivity index is 1.22. The van der Waals surface area contributed by atoms with Crippen LogP contribution in [0.2, 0.25) is 0 Å². The second-order valence-corrected chi connectivity index (χ2v) is 8.88. The van der Waals surface area contributed by atoms with Gasteiger partial charge in [0.25, 0.3) is 0 Å². The van der Waals surface area contributed by atoms with Crippen molar-refractivity contribution in [3.63, 3.8) is 0 Å². The van der Waals surface area contributed by atoms with Gasteiger partial charge in [0.15, 0.2) is 0 Å².